The summed E-state index contributed by atoms with van der Waals surface area (Å²) in [4.78, 5) is 12.3. The van der Waals surface area contributed by atoms with Crippen LogP contribution in [0.4, 0.5) is 9.52 Å². The molecule has 27 heavy (non-hydrogen) atoms. The van der Waals surface area contributed by atoms with Gasteiger partial charge in [0.05, 0.1) is 0 Å². The zero-order valence-electron chi connectivity index (χ0n) is 14.1. The number of benzene rings is 2. The molecule has 0 saturated heterocycles. The van der Waals surface area contributed by atoms with Crippen LogP contribution in [0.25, 0.3) is 0 Å². The summed E-state index contributed by atoms with van der Waals surface area (Å²) in [7, 11) is -3.91. The van der Waals surface area contributed by atoms with Crippen molar-refractivity contribution in [2.45, 2.75) is 17.8 Å². The van der Waals surface area contributed by atoms with Crippen LogP contribution in [0.1, 0.15) is 21.5 Å². The van der Waals surface area contributed by atoms with Crippen LogP contribution in [-0.4, -0.2) is 24.5 Å². The van der Waals surface area contributed by atoms with Gasteiger partial charge in [0.1, 0.15) is 5.82 Å². The van der Waals surface area contributed by atoms with Gasteiger partial charge in [-0.15, -0.1) is 10.2 Å². The quantitative estimate of drug-likeness (QED) is 0.613. The second-order valence-electron chi connectivity index (χ2n) is 5.59. The van der Waals surface area contributed by atoms with Gasteiger partial charge in [0.15, 0.2) is 0 Å². The Bertz CT molecular complexity index is 1070. The SMILES string of the molecule is Cc1ccccc1C(=O)Nc1nnc(S(=O)(=O)NCc2ccc(F)cc2)s1. The molecule has 0 fully saturated rings. The van der Waals surface area contributed by atoms with E-state index in [4.69, 9.17) is 0 Å². The van der Waals surface area contributed by atoms with Gasteiger partial charge < -0.3 is 0 Å². The molecule has 0 unspecified atom stereocenters. The van der Waals surface area contributed by atoms with Gasteiger partial charge in [-0.3, -0.25) is 10.1 Å². The number of hydrogen-bond acceptors (Lipinski definition) is 6. The lowest BCUT2D eigenvalue weighted by atomic mass is 10.1. The monoisotopic (exact) mass is 406 g/mol. The first kappa shape index (κ1) is 19.1. The molecule has 1 heterocycles. The van der Waals surface area contributed by atoms with E-state index in [0.29, 0.717) is 11.1 Å². The van der Waals surface area contributed by atoms with Crippen LogP contribution in [0, 0.1) is 12.7 Å². The first-order valence-corrected chi connectivity index (χ1v) is 10.1. The van der Waals surface area contributed by atoms with Crippen molar-refractivity contribution >= 4 is 32.4 Å². The third-order valence-electron chi connectivity index (χ3n) is 3.63. The average Bonchev–Trinajstić information content (AvgIpc) is 3.11. The topological polar surface area (TPSA) is 101 Å². The van der Waals surface area contributed by atoms with Crippen LogP contribution in [-0.2, 0) is 16.6 Å². The van der Waals surface area contributed by atoms with Crippen molar-refractivity contribution in [3.05, 3.63) is 71.0 Å². The van der Waals surface area contributed by atoms with Crippen LogP contribution < -0.4 is 10.0 Å². The number of aromatic nitrogens is 2. The van der Waals surface area contributed by atoms with E-state index in [0.717, 1.165) is 16.9 Å². The summed E-state index contributed by atoms with van der Waals surface area (Å²) in [6.45, 7) is 1.78. The minimum absolute atomic E-state index is 0.0207. The highest BCUT2D eigenvalue weighted by molar-refractivity contribution is 7.91. The molecular weight excluding hydrogens is 391 g/mol. The highest BCUT2D eigenvalue weighted by Gasteiger charge is 2.21. The molecule has 3 aromatic rings. The predicted molar refractivity (Wildman–Crippen MR) is 99.5 cm³/mol. The second-order valence-corrected chi connectivity index (χ2v) is 8.51. The summed E-state index contributed by atoms with van der Waals surface area (Å²) in [6.07, 6.45) is 0. The predicted octanol–water partition coefficient (Wildman–Crippen LogP) is 2.72. The number of aryl methyl sites for hydroxylation is 1. The number of amides is 1. The zero-order valence-corrected chi connectivity index (χ0v) is 15.8. The summed E-state index contributed by atoms with van der Waals surface area (Å²) < 4.78 is 39.6. The summed E-state index contributed by atoms with van der Waals surface area (Å²) >= 11 is 0.742. The Kier molecular flexibility index (Phi) is 5.59. The number of carbonyl (C=O) groups is 1. The standard InChI is InChI=1S/C17H15FN4O3S2/c1-11-4-2-3-5-14(11)15(23)20-16-21-22-17(26-16)27(24,25)19-10-12-6-8-13(18)9-7-12/h2-9,19H,10H2,1H3,(H,20,21,23). The van der Waals surface area contributed by atoms with Crippen LogP contribution in [0.5, 0.6) is 0 Å². The largest absolute Gasteiger partial charge is 0.296 e. The van der Waals surface area contributed by atoms with Crippen molar-refractivity contribution in [1.82, 2.24) is 14.9 Å². The maximum Gasteiger partial charge on any atom is 0.270 e. The highest BCUT2D eigenvalue weighted by Crippen LogP contribution is 2.21. The Hall–Kier alpha value is -2.69. The van der Waals surface area contributed by atoms with Crippen molar-refractivity contribution in [2.24, 2.45) is 0 Å². The lowest BCUT2D eigenvalue weighted by Gasteiger charge is -2.04. The van der Waals surface area contributed by atoms with Crippen LogP contribution in [0.15, 0.2) is 52.9 Å². The molecule has 2 aromatic carbocycles. The molecule has 0 bridgehead atoms. The zero-order chi connectivity index (χ0) is 19.4. The number of anilines is 1. The number of nitrogens with zero attached hydrogens (tertiary/aromatic N) is 2. The fourth-order valence-corrected chi connectivity index (χ4v) is 4.16. The molecule has 140 valence electrons. The van der Waals surface area contributed by atoms with Crippen molar-refractivity contribution in [3.8, 4) is 0 Å². The first-order valence-electron chi connectivity index (χ1n) is 7.80. The molecule has 1 amide bonds. The maximum absolute atomic E-state index is 12.9. The molecule has 7 nitrogen and oxygen atoms in total. The lowest BCUT2D eigenvalue weighted by molar-refractivity contribution is 0.102. The third-order valence-corrected chi connectivity index (χ3v) is 6.23. The van der Waals surface area contributed by atoms with E-state index in [1.54, 1.807) is 25.1 Å². The fourth-order valence-electron chi connectivity index (χ4n) is 2.20. The number of halogens is 1. The van der Waals surface area contributed by atoms with Crippen molar-refractivity contribution < 1.29 is 17.6 Å². The van der Waals surface area contributed by atoms with Crippen LogP contribution in [0.2, 0.25) is 0 Å². The molecule has 3 rings (SSSR count). The van der Waals surface area contributed by atoms with Gasteiger partial charge in [-0.2, -0.15) is 0 Å². The Labute approximate surface area is 159 Å². The number of hydrogen-bond donors (Lipinski definition) is 2. The number of nitrogens with one attached hydrogen (secondary N) is 2. The van der Waals surface area contributed by atoms with E-state index in [9.17, 15) is 17.6 Å². The molecule has 0 saturated carbocycles. The van der Waals surface area contributed by atoms with E-state index in [2.05, 4.69) is 20.2 Å². The van der Waals surface area contributed by atoms with E-state index in [1.807, 2.05) is 6.07 Å². The van der Waals surface area contributed by atoms with Gasteiger partial charge in [-0.1, -0.05) is 41.7 Å². The minimum atomic E-state index is -3.91. The summed E-state index contributed by atoms with van der Waals surface area (Å²) in [5.74, 6) is -0.799. The Morgan fingerprint density at radius 2 is 1.81 bits per heavy atom. The molecular formula is C17H15FN4O3S2. The third kappa shape index (κ3) is 4.73. The molecule has 0 spiro atoms. The molecule has 0 aliphatic heterocycles. The number of carbonyl (C=O) groups excluding carboxylic acids is 1. The van der Waals surface area contributed by atoms with Crippen molar-refractivity contribution in [1.29, 1.82) is 0 Å². The second kappa shape index (κ2) is 7.91. The average molecular weight is 406 g/mol. The van der Waals surface area contributed by atoms with E-state index in [-0.39, 0.29) is 16.0 Å². The molecule has 1 aromatic heterocycles. The maximum atomic E-state index is 12.9. The van der Waals surface area contributed by atoms with E-state index in [1.165, 1.54) is 24.3 Å². The van der Waals surface area contributed by atoms with Gasteiger partial charge in [0.2, 0.25) is 9.47 Å². The van der Waals surface area contributed by atoms with Gasteiger partial charge in [-0.25, -0.2) is 17.5 Å². The molecule has 0 aliphatic rings. The molecule has 10 heteroatoms. The van der Waals surface area contributed by atoms with Gasteiger partial charge in [-0.05, 0) is 36.2 Å². The van der Waals surface area contributed by atoms with Crippen LogP contribution in [0.3, 0.4) is 0 Å². The molecule has 2 N–H and O–H groups in total. The van der Waals surface area contributed by atoms with Gasteiger partial charge in [0.25, 0.3) is 15.9 Å². The summed E-state index contributed by atoms with van der Waals surface area (Å²) in [6, 6.07) is 12.4. The highest BCUT2D eigenvalue weighted by atomic mass is 32.2. The number of rotatable bonds is 6. The summed E-state index contributed by atoms with van der Waals surface area (Å²) in [5, 5.41) is 9.96. The van der Waals surface area contributed by atoms with Gasteiger partial charge in [0, 0.05) is 12.1 Å². The number of sulfonamides is 1. The molecule has 0 aliphatic carbocycles. The lowest BCUT2D eigenvalue weighted by Crippen LogP contribution is -2.23. The normalized spacial score (nSPS) is 11.3. The van der Waals surface area contributed by atoms with Gasteiger partial charge >= 0.3 is 0 Å². The summed E-state index contributed by atoms with van der Waals surface area (Å²) in [5.41, 5.74) is 1.84. The molecule has 0 radical (unpaired) electrons. The van der Waals surface area contributed by atoms with E-state index < -0.39 is 21.7 Å². The van der Waals surface area contributed by atoms with Crippen molar-refractivity contribution in [2.75, 3.05) is 5.32 Å². The Morgan fingerprint density at radius 3 is 2.52 bits per heavy atom. The fraction of sp³-hybridized carbons (Fsp3) is 0.118. The smallest absolute Gasteiger partial charge is 0.270 e. The Balaban J connectivity index is 1.68. The first-order chi connectivity index (χ1) is 12.8. The Morgan fingerprint density at radius 1 is 1.11 bits per heavy atom. The molecule has 0 atom stereocenters. The van der Waals surface area contributed by atoms with Crippen LogP contribution >= 0.6 is 11.3 Å². The van der Waals surface area contributed by atoms with Crippen molar-refractivity contribution in [3.63, 3.8) is 0 Å². The minimum Gasteiger partial charge on any atom is -0.296 e. The van der Waals surface area contributed by atoms with E-state index >= 15 is 0 Å².